The minimum Gasteiger partial charge on any atom is -0.481 e. The molecule has 16 heavy (non-hydrogen) atoms. The van der Waals surface area contributed by atoms with Crippen LogP contribution < -0.4 is 11.1 Å². The highest BCUT2D eigenvalue weighted by Crippen LogP contribution is 2.23. The van der Waals surface area contributed by atoms with Gasteiger partial charge in [-0.15, -0.1) is 0 Å². The van der Waals surface area contributed by atoms with Crippen molar-refractivity contribution in [2.75, 3.05) is 6.54 Å². The molecule has 0 aromatic heterocycles. The minimum absolute atomic E-state index is 0.0373. The van der Waals surface area contributed by atoms with Crippen molar-refractivity contribution >= 4 is 11.9 Å². The number of amides is 1. The third kappa shape index (κ3) is 3.81. The Bertz CT molecular complexity index is 268. The number of carbonyl (C=O) groups is 2. The van der Waals surface area contributed by atoms with Crippen molar-refractivity contribution in [2.24, 2.45) is 17.6 Å². The summed E-state index contributed by atoms with van der Waals surface area (Å²) in [5, 5.41) is 11.4. The molecule has 1 saturated carbocycles. The van der Waals surface area contributed by atoms with Crippen LogP contribution in [0.1, 0.15) is 32.6 Å². The predicted molar refractivity (Wildman–Crippen MR) is 59.7 cm³/mol. The van der Waals surface area contributed by atoms with Crippen LogP contribution in [0.2, 0.25) is 0 Å². The summed E-state index contributed by atoms with van der Waals surface area (Å²) < 4.78 is 0. The number of hydrogen-bond donors (Lipinski definition) is 3. The molecule has 1 rings (SSSR count). The summed E-state index contributed by atoms with van der Waals surface area (Å²) in [4.78, 5) is 22.3. The van der Waals surface area contributed by atoms with Crippen molar-refractivity contribution in [3.05, 3.63) is 0 Å². The van der Waals surface area contributed by atoms with Crippen LogP contribution in [0.15, 0.2) is 0 Å². The molecule has 5 nitrogen and oxygen atoms in total. The van der Waals surface area contributed by atoms with E-state index in [1.165, 1.54) is 0 Å². The molecular formula is C11H20N2O3. The van der Waals surface area contributed by atoms with Crippen molar-refractivity contribution in [3.8, 4) is 0 Å². The van der Waals surface area contributed by atoms with Gasteiger partial charge in [-0.1, -0.05) is 13.3 Å². The van der Waals surface area contributed by atoms with E-state index in [0.717, 1.165) is 19.3 Å². The van der Waals surface area contributed by atoms with Crippen LogP contribution in [0.25, 0.3) is 0 Å². The van der Waals surface area contributed by atoms with Crippen LogP contribution >= 0.6 is 0 Å². The van der Waals surface area contributed by atoms with Gasteiger partial charge in [0.1, 0.15) is 0 Å². The summed E-state index contributed by atoms with van der Waals surface area (Å²) >= 11 is 0. The van der Waals surface area contributed by atoms with Gasteiger partial charge in [0.25, 0.3) is 0 Å². The molecule has 0 radical (unpaired) electrons. The van der Waals surface area contributed by atoms with Crippen molar-refractivity contribution in [2.45, 2.75) is 38.6 Å². The SMILES string of the molecule is CC(CNC(=O)C1CCCC(N)C1)C(=O)O. The highest BCUT2D eigenvalue weighted by Gasteiger charge is 2.25. The number of carbonyl (C=O) groups excluding carboxylic acids is 1. The van der Waals surface area contributed by atoms with Crippen LogP contribution in [0.4, 0.5) is 0 Å². The van der Waals surface area contributed by atoms with Gasteiger partial charge in [0.2, 0.25) is 5.91 Å². The number of aliphatic carboxylic acids is 1. The Kier molecular flexibility index (Phi) is 4.73. The zero-order valence-electron chi connectivity index (χ0n) is 9.61. The standard InChI is InChI=1S/C11H20N2O3/c1-7(11(15)16)6-13-10(14)8-3-2-4-9(12)5-8/h7-9H,2-6,12H2,1H3,(H,13,14)(H,15,16). The molecule has 0 bridgehead atoms. The van der Waals surface area contributed by atoms with Gasteiger partial charge in [-0.25, -0.2) is 0 Å². The summed E-state index contributed by atoms with van der Waals surface area (Å²) in [5.41, 5.74) is 5.79. The summed E-state index contributed by atoms with van der Waals surface area (Å²) in [6, 6.07) is 0.112. The Morgan fingerprint density at radius 3 is 2.75 bits per heavy atom. The smallest absolute Gasteiger partial charge is 0.308 e. The van der Waals surface area contributed by atoms with E-state index >= 15 is 0 Å². The molecule has 0 heterocycles. The number of carboxylic acids is 1. The van der Waals surface area contributed by atoms with Crippen LogP contribution in [0, 0.1) is 11.8 Å². The zero-order valence-corrected chi connectivity index (χ0v) is 9.61. The first kappa shape index (κ1) is 13.0. The van der Waals surface area contributed by atoms with Crippen molar-refractivity contribution in [1.82, 2.24) is 5.32 Å². The van der Waals surface area contributed by atoms with E-state index in [-0.39, 0.29) is 24.4 Å². The Morgan fingerprint density at radius 2 is 2.19 bits per heavy atom. The summed E-state index contributed by atoms with van der Waals surface area (Å²) in [6.07, 6.45) is 3.54. The molecule has 4 N–H and O–H groups in total. The maximum absolute atomic E-state index is 11.7. The third-order valence-corrected chi connectivity index (χ3v) is 3.09. The lowest BCUT2D eigenvalue weighted by Crippen LogP contribution is -2.40. The third-order valence-electron chi connectivity index (χ3n) is 3.09. The van der Waals surface area contributed by atoms with Crippen molar-refractivity contribution in [1.29, 1.82) is 0 Å². The highest BCUT2D eigenvalue weighted by atomic mass is 16.4. The largest absolute Gasteiger partial charge is 0.481 e. The predicted octanol–water partition coefficient (Wildman–Crippen LogP) is 0.341. The van der Waals surface area contributed by atoms with E-state index in [0.29, 0.717) is 6.42 Å². The molecule has 3 atom stereocenters. The summed E-state index contributed by atoms with van der Waals surface area (Å²) in [7, 11) is 0. The maximum atomic E-state index is 11.7. The van der Waals surface area contributed by atoms with E-state index in [1.807, 2.05) is 0 Å². The molecule has 0 saturated heterocycles. The minimum atomic E-state index is -0.888. The number of rotatable bonds is 4. The average Bonchev–Trinajstić information content (AvgIpc) is 2.25. The molecule has 0 aromatic carbocycles. The topological polar surface area (TPSA) is 92.4 Å². The highest BCUT2D eigenvalue weighted by molar-refractivity contribution is 5.79. The van der Waals surface area contributed by atoms with E-state index in [4.69, 9.17) is 10.8 Å². The number of carboxylic acid groups (broad SMARTS) is 1. The first-order valence-corrected chi connectivity index (χ1v) is 5.76. The molecule has 0 aliphatic heterocycles. The van der Waals surface area contributed by atoms with E-state index < -0.39 is 11.9 Å². The zero-order chi connectivity index (χ0) is 12.1. The van der Waals surface area contributed by atoms with Crippen molar-refractivity contribution in [3.63, 3.8) is 0 Å². The lowest BCUT2D eigenvalue weighted by molar-refractivity contribution is -0.141. The first-order valence-electron chi connectivity index (χ1n) is 5.76. The van der Waals surface area contributed by atoms with Gasteiger partial charge in [-0.2, -0.15) is 0 Å². The number of hydrogen-bond acceptors (Lipinski definition) is 3. The monoisotopic (exact) mass is 228 g/mol. The second-order valence-corrected chi connectivity index (χ2v) is 4.61. The van der Waals surface area contributed by atoms with E-state index in [1.54, 1.807) is 6.92 Å². The van der Waals surface area contributed by atoms with Crippen LogP contribution in [0.5, 0.6) is 0 Å². The second kappa shape index (κ2) is 5.84. The van der Waals surface area contributed by atoms with Crippen molar-refractivity contribution < 1.29 is 14.7 Å². The fourth-order valence-electron chi connectivity index (χ4n) is 1.95. The second-order valence-electron chi connectivity index (χ2n) is 4.61. The fourth-order valence-corrected chi connectivity index (χ4v) is 1.95. The van der Waals surface area contributed by atoms with Gasteiger partial charge in [0.05, 0.1) is 5.92 Å². The lowest BCUT2D eigenvalue weighted by atomic mass is 9.85. The molecule has 92 valence electrons. The van der Waals surface area contributed by atoms with E-state index in [2.05, 4.69) is 5.32 Å². The Balaban J connectivity index is 2.31. The van der Waals surface area contributed by atoms with Gasteiger partial charge in [-0.05, 0) is 19.3 Å². The maximum Gasteiger partial charge on any atom is 0.308 e. The van der Waals surface area contributed by atoms with Crippen LogP contribution in [-0.4, -0.2) is 29.6 Å². The lowest BCUT2D eigenvalue weighted by Gasteiger charge is -2.25. The Hall–Kier alpha value is -1.10. The Morgan fingerprint density at radius 1 is 1.50 bits per heavy atom. The fraction of sp³-hybridized carbons (Fsp3) is 0.818. The molecule has 3 unspecified atom stereocenters. The number of nitrogens with one attached hydrogen (secondary N) is 1. The quantitative estimate of drug-likeness (QED) is 0.647. The molecule has 1 fully saturated rings. The average molecular weight is 228 g/mol. The Labute approximate surface area is 95.4 Å². The molecule has 0 spiro atoms. The van der Waals surface area contributed by atoms with E-state index in [9.17, 15) is 9.59 Å². The molecular weight excluding hydrogens is 208 g/mol. The van der Waals surface area contributed by atoms with Crippen LogP contribution in [0.3, 0.4) is 0 Å². The van der Waals surface area contributed by atoms with Gasteiger partial charge < -0.3 is 16.2 Å². The van der Waals surface area contributed by atoms with Gasteiger partial charge in [0.15, 0.2) is 0 Å². The molecule has 1 amide bonds. The molecule has 0 aromatic rings. The molecule has 1 aliphatic rings. The van der Waals surface area contributed by atoms with Gasteiger partial charge in [-0.3, -0.25) is 9.59 Å². The first-order chi connectivity index (χ1) is 7.50. The number of nitrogens with two attached hydrogens (primary N) is 1. The normalized spacial score (nSPS) is 27.1. The molecule has 5 heteroatoms. The van der Waals surface area contributed by atoms with Gasteiger partial charge >= 0.3 is 5.97 Å². The van der Waals surface area contributed by atoms with Crippen LogP contribution in [-0.2, 0) is 9.59 Å². The van der Waals surface area contributed by atoms with Gasteiger partial charge in [0, 0.05) is 18.5 Å². The summed E-state index contributed by atoms with van der Waals surface area (Å²) in [5.74, 6) is -1.52. The summed E-state index contributed by atoms with van der Waals surface area (Å²) in [6.45, 7) is 1.77. The molecule has 1 aliphatic carbocycles.